The zero-order chi connectivity index (χ0) is 18.1. The minimum Gasteiger partial charge on any atom is -0.497 e. The van der Waals surface area contributed by atoms with E-state index in [-0.39, 0.29) is 18.6 Å². The van der Waals surface area contributed by atoms with Crippen molar-refractivity contribution < 1.29 is 23.7 Å². The molecule has 0 saturated heterocycles. The van der Waals surface area contributed by atoms with Crippen LogP contribution >= 0.6 is 0 Å². The van der Waals surface area contributed by atoms with Gasteiger partial charge >= 0.3 is 0 Å². The Balaban J connectivity index is 1.87. The second-order valence-corrected chi connectivity index (χ2v) is 5.24. The van der Waals surface area contributed by atoms with Crippen LogP contribution in [0.2, 0.25) is 0 Å². The molecule has 6 nitrogen and oxygen atoms in total. The third-order valence-electron chi connectivity index (χ3n) is 3.66. The van der Waals surface area contributed by atoms with Gasteiger partial charge in [-0.25, -0.2) is 0 Å². The Hall–Kier alpha value is -2.73. The quantitative estimate of drug-likeness (QED) is 0.757. The molecular formula is C19H23NO5. The molecule has 2 rings (SSSR count). The molecule has 2 aromatic rings. The number of benzene rings is 2. The first-order valence-electron chi connectivity index (χ1n) is 7.87. The van der Waals surface area contributed by atoms with Crippen molar-refractivity contribution in [3.05, 3.63) is 54.1 Å². The molecule has 0 spiro atoms. The van der Waals surface area contributed by atoms with Gasteiger partial charge in [0.05, 0.1) is 20.3 Å². The lowest BCUT2D eigenvalue weighted by atomic mass is 10.1. The average Bonchev–Trinajstić information content (AvgIpc) is 2.67. The average molecular weight is 345 g/mol. The van der Waals surface area contributed by atoms with Crippen LogP contribution in [0.4, 0.5) is 0 Å². The molecule has 0 aromatic heterocycles. The molecule has 25 heavy (non-hydrogen) atoms. The van der Waals surface area contributed by atoms with Gasteiger partial charge in [-0.05, 0) is 29.8 Å². The number of hydrogen-bond acceptors (Lipinski definition) is 5. The van der Waals surface area contributed by atoms with Crippen LogP contribution in [0.25, 0.3) is 0 Å². The lowest BCUT2D eigenvalue weighted by Gasteiger charge is -2.17. The summed E-state index contributed by atoms with van der Waals surface area (Å²) < 4.78 is 21.3. The Kier molecular flexibility index (Phi) is 7.10. The monoisotopic (exact) mass is 345 g/mol. The molecule has 0 aliphatic carbocycles. The van der Waals surface area contributed by atoms with E-state index >= 15 is 0 Å². The van der Waals surface area contributed by atoms with Gasteiger partial charge in [-0.1, -0.05) is 24.3 Å². The summed E-state index contributed by atoms with van der Waals surface area (Å²) in [5, 5.41) is 2.81. The fourth-order valence-electron chi connectivity index (χ4n) is 2.32. The topological polar surface area (TPSA) is 66.0 Å². The third kappa shape index (κ3) is 5.39. The Bertz CT molecular complexity index is 689. The molecule has 6 heteroatoms. The van der Waals surface area contributed by atoms with Crippen LogP contribution in [0.3, 0.4) is 0 Å². The van der Waals surface area contributed by atoms with Gasteiger partial charge in [0, 0.05) is 13.7 Å². The fraction of sp³-hybridized carbons (Fsp3) is 0.316. The predicted molar refractivity (Wildman–Crippen MR) is 94.2 cm³/mol. The van der Waals surface area contributed by atoms with Gasteiger partial charge in [0.2, 0.25) is 0 Å². The highest BCUT2D eigenvalue weighted by Gasteiger charge is 2.13. The molecule has 0 aliphatic heterocycles. The summed E-state index contributed by atoms with van der Waals surface area (Å²) in [4.78, 5) is 12.0. The number of amides is 1. The molecule has 0 heterocycles. The molecular weight excluding hydrogens is 322 g/mol. The Morgan fingerprint density at radius 1 is 1.00 bits per heavy atom. The number of ether oxygens (including phenoxy) is 4. The maximum Gasteiger partial charge on any atom is 0.258 e. The van der Waals surface area contributed by atoms with Crippen LogP contribution in [0.1, 0.15) is 11.7 Å². The third-order valence-corrected chi connectivity index (χ3v) is 3.66. The minimum absolute atomic E-state index is 0.102. The van der Waals surface area contributed by atoms with E-state index in [0.29, 0.717) is 18.0 Å². The molecule has 0 aliphatic rings. The van der Waals surface area contributed by atoms with Gasteiger partial charge in [-0.2, -0.15) is 0 Å². The highest BCUT2D eigenvalue weighted by molar-refractivity contribution is 5.77. The van der Waals surface area contributed by atoms with Crippen molar-refractivity contribution in [2.24, 2.45) is 0 Å². The zero-order valence-electron chi connectivity index (χ0n) is 14.7. The summed E-state index contributed by atoms with van der Waals surface area (Å²) in [6, 6.07) is 14.7. The van der Waals surface area contributed by atoms with Crippen molar-refractivity contribution in [1.82, 2.24) is 5.32 Å². The largest absolute Gasteiger partial charge is 0.497 e. The number of para-hydroxylation sites is 2. The lowest BCUT2D eigenvalue weighted by molar-refractivity contribution is -0.123. The second kappa shape index (κ2) is 9.54. The summed E-state index contributed by atoms with van der Waals surface area (Å²) in [6.45, 7) is 0.229. The number of carbonyl (C=O) groups is 1. The van der Waals surface area contributed by atoms with Crippen molar-refractivity contribution in [1.29, 1.82) is 0 Å². The van der Waals surface area contributed by atoms with Crippen LogP contribution in [-0.2, 0) is 9.53 Å². The van der Waals surface area contributed by atoms with E-state index in [1.165, 1.54) is 0 Å². The molecule has 0 radical (unpaired) electrons. The molecule has 2 aromatic carbocycles. The van der Waals surface area contributed by atoms with E-state index in [1.807, 2.05) is 36.4 Å². The molecule has 1 N–H and O–H groups in total. The smallest absolute Gasteiger partial charge is 0.258 e. The van der Waals surface area contributed by atoms with E-state index in [2.05, 4.69) is 5.32 Å². The van der Waals surface area contributed by atoms with Crippen LogP contribution < -0.4 is 19.5 Å². The van der Waals surface area contributed by atoms with Crippen LogP contribution in [0.15, 0.2) is 48.5 Å². The van der Waals surface area contributed by atoms with Crippen molar-refractivity contribution in [2.75, 3.05) is 34.5 Å². The Morgan fingerprint density at radius 2 is 1.76 bits per heavy atom. The highest BCUT2D eigenvalue weighted by atomic mass is 16.5. The number of methoxy groups -OCH3 is 3. The number of nitrogens with one attached hydrogen (secondary N) is 1. The van der Waals surface area contributed by atoms with Gasteiger partial charge in [-0.3, -0.25) is 4.79 Å². The summed E-state index contributed by atoms with van der Waals surface area (Å²) in [6.07, 6.45) is -0.273. The van der Waals surface area contributed by atoms with E-state index < -0.39 is 0 Å². The Morgan fingerprint density at radius 3 is 2.44 bits per heavy atom. The van der Waals surface area contributed by atoms with Crippen molar-refractivity contribution in [3.8, 4) is 17.2 Å². The normalized spacial score (nSPS) is 11.5. The zero-order valence-corrected chi connectivity index (χ0v) is 14.7. The molecule has 1 atom stereocenters. The molecule has 0 saturated carbocycles. The summed E-state index contributed by atoms with van der Waals surface area (Å²) in [7, 11) is 4.76. The van der Waals surface area contributed by atoms with E-state index in [9.17, 15) is 4.79 Å². The van der Waals surface area contributed by atoms with Crippen LogP contribution in [-0.4, -0.2) is 40.4 Å². The Labute approximate surface area is 147 Å². The first kappa shape index (κ1) is 18.6. The van der Waals surface area contributed by atoms with Crippen molar-refractivity contribution in [3.63, 3.8) is 0 Å². The molecule has 134 valence electrons. The summed E-state index contributed by atoms with van der Waals surface area (Å²) in [5.74, 6) is 1.61. The molecule has 1 amide bonds. The minimum atomic E-state index is -0.273. The SMILES string of the molecule is COc1cccc(C(CNC(=O)COc2ccccc2OC)OC)c1. The first-order valence-corrected chi connectivity index (χ1v) is 7.87. The highest BCUT2D eigenvalue weighted by Crippen LogP contribution is 2.25. The van der Waals surface area contributed by atoms with E-state index in [0.717, 1.165) is 11.3 Å². The van der Waals surface area contributed by atoms with Gasteiger partial charge in [0.15, 0.2) is 18.1 Å². The lowest BCUT2D eigenvalue weighted by Crippen LogP contribution is -2.33. The molecule has 0 fully saturated rings. The number of hydrogen-bond donors (Lipinski definition) is 1. The van der Waals surface area contributed by atoms with Crippen molar-refractivity contribution in [2.45, 2.75) is 6.10 Å². The van der Waals surface area contributed by atoms with Gasteiger partial charge in [0.25, 0.3) is 5.91 Å². The maximum absolute atomic E-state index is 12.0. The first-order chi connectivity index (χ1) is 12.2. The summed E-state index contributed by atoms with van der Waals surface area (Å²) in [5.41, 5.74) is 0.924. The molecule has 0 bridgehead atoms. The number of carbonyl (C=O) groups excluding carboxylic acids is 1. The number of rotatable bonds is 9. The van der Waals surface area contributed by atoms with Gasteiger partial charge in [0.1, 0.15) is 5.75 Å². The summed E-state index contributed by atoms with van der Waals surface area (Å²) >= 11 is 0. The molecule has 1 unspecified atom stereocenters. The van der Waals surface area contributed by atoms with Crippen LogP contribution in [0.5, 0.6) is 17.2 Å². The van der Waals surface area contributed by atoms with Crippen molar-refractivity contribution >= 4 is 5.91 Å². The standard InChI is InChI=1S/C19H23NO5/c1-22-15-8-6-7-14(11-15)18(24-3)12-20-19(21)13-25-17-10-5-4-9-16(17)23-2/h4-11,18H,12-13H2,1-3H3,(H,20,21). The van der Waals surface area contributed by atoms with Crippen LogP contribution in [0, 0.1) is 0 Å². The fourth-order valence-corrected chi connectivity index (χ4v) is 2.32. The maximum atomic E-state index is 12.0. The predicted octanol–water partition coefficient (Wildman–Crippen LogP) is 2.59. The van der Waals surface area contributed by atoms with Gasteiger partial charge < -0.3 is 24.3 Å². The van der Waals surface area contributed by atoms with Gasteiger partial charge in [-0.15, -0.1) is 0 Å². The van der Waals surface area contributed by atoms with E-state index in [1.54, 1.807) is 33.5 Å². The second-order valence-electron chi connectivity index (χ2n) is 5.24. The van der Waals surface area contributed by atoms with E-state index in [4.69, 9.17) is 18.9 Å².